The third kappa shape index (κ3) is 5.53. The average Bonchev–Trinajstić information content (AvgIpc) is 3.06. The van der Waals surface area contributed by atoms with Crippen molar-refractivity contribution in [3.05, 3.63) is 18.7 Å². The van der Waals surface area contributed by atoms with Crippen LogP contribution in [0.15, 0.2) is 18.7 Å². The fourth-order valence-electron chi connectivity index (χ4n) is 3.35. The van der Waals surface area contributed by atoms with Crippen LogP contribution in [0.4, 0.5) is 4.79 Å². The lowest BCUT2D eigenvalue weighted by Crippen LogP contribution is -2.46. The SMILES string of the molecule is CC(C)CC(CCO)CNC(=O)N1CCC(n2ccnc2)CC1. The van der Waals surface area contributed by atoms with Crippen molar-refractivity contribution in [2.24, 2.45) is 11.8 Å². The van der Waals surface area contributed by atoms with Crippen LogP contribution in [0.3, 0.4) is 0 Å². The molecule has 0 bridgehead atoms. The smallest absolute Gasteiger partial charge is 0.317 e. The molecule has 23 heavy (non-hydrogen) atoms. The number of hydrogen-bond donors (Lipinski definition) is 2. The molecular formula is C17H30N4O2. The Bertz CT molecular complexity index is 453. The van der Waals surface area contributed by atoms with E-state index in [1.165, 1.54) is 0 Å². The minimum absolute atomic E-state index is 0.0285. The molecule has 6 nitrogen and oxygen atoms in total. The first-order chi connectivity index (χ1) is 11.1. The first kappa shape index (κ1) is 17.8. The van der Waals surface area contributed by atoms with Crippen molar-refractivity contribution in [2.45, 2.75) is 45.6 Å². The van der Waals surface area contributed by atoms with Crippen molar-refractivity contribution in [1.29, 1.82) is 0 Å². The monoisotopic (exact) mass is 322 g/mol. The maximum absolute atomic E-state index is 12.3. The number of amides is 2. The summed E-state index contributed by atoms with van der Waals surface area (Å²) in [5.41, 5.74) is 0. The molecular weight excluding hydrogens is 292 g/mol. The summed E-state index contributed by atoms with van der Waals surface area (Å²) in [6, 6.07) is 0.477. The van der Waals surface area contributed by atoms with E-state index in [4.69, 9.17) is 5.11 Å². The van der Waals surface area contributed by atoms with E-state index in [1.807, 2.05) is 17.4 Å². The van der Waals surface area contributed by atoms with E-state index >= 15 is 0 Å². The second-order valence-corrected chi connectivity index (χ2v) is 6.92. The van der Waals surface area contributed by atoms with E-state index in [0.29, 0.717) is 24.4 Å². The average molecular weight is 322 g/mol. The number of imidazole rings is 1. The van der Waals surface area contributed by atoms with Crippen LogP contribution in [-0.2, 0) is 0 Å². The molecule has 1 aromatic heterocycles. The molecule has 0 saturated carbocycles. The van der Waals surface area contributed by atoms with E-state index in [0.717, 1.165) is 38.8 Å². The van der Waals surface area contributed by atoms with Gasteiger partial charge in [0.1, 0.15) is 0 Å². The van der Waals surface area contributed by atoms with Gasteiger partial charge in [0.15, 0.2) is 0 Å². The van der Waals surface area contributed by atoms with Gasteiger partial charge in [0.2, 0.25) is 0 Å². The molecule has 1 fully saturated rings. The molecule has 1 aliphatic heterocycles. The summed E-state index contributed by atoms with van der Waals surface area (Å²) in [4.78, 5) is 18.3. The van der Waals surface area contributed by atoms with Gasteiger partial charge in [0.05, 0.1) is 6.33 Å². The summed E-state index contributed by atoms with van der Waals surface area (Å²) in [6.07, 6.45) is 9.36. The first-order valence-electron chi connectivity index (χ1n) is 8.71. The van der Waals surface area contributed by atoms with E-state index in [9.17, 15) is 4.79 Å². The van der Waals surface area contributed by atoms with E-state index < -0.39 is 0 Å². The number of hydrogen-bond acceptors (Lipinski definition) is 3. The lowest BCUT2D eigenvalue weighted by molar-refractivity contribution is 0.167. The Labute approximate surface area is 138 Å². The molecule has 1 aromatic rings. The standard InChI is InChI=1S/C17H30N4O2/c1-14(2)11-15(5-10-22)12-19-17(23)20-7-3-16(4-8-20)21-9-6-18-13-21/h6,9,13-16,22H,3-5,7-8,10-12H2,1-2H3,(H,19,23). The molecule has 2 heterocycles. The number of likely N-dealkylation sites (tertiary alicyclic amines) is 1. The second kappa shape index (κ2) is 8.91. The molecule has 0 aliphatic carbocycles. The van der Waals surface area contributed by atoms with Gasteiger partial charge in [-0.25, -0.2) is 9.78 Å². The molecule has 130 valence electrons. The number of aliphatic hydroxyl groups excluding tert-OH is 1. The number of nitrogens with one attached hydrogen (secondary N) is 1. The molecule has 1 unspecified atom stereocenters. The lowest BCUT2D eigenvalue weighted by Gasteiger charge is -2.33. The lowest BCUT2D eigenvalue weighted by atomic mass is 9.94. The Kier molecular flexibility index (Phi) is 6.89. The Morgan fingerprint density at radius 3 is 2.70 bits per heavy atom. The minimum Gasteiger partial charge on any atom is -0.396 e. The quantitative estimate of drug-likeness (QED) is 0.809. The molecule has 2 N–H and O–H groups in total. The Hall–Kier alpha value is -1.56. The van der Waals surface area contributed by atoms with Crippen LogP contribution in [0.2, 0.25) is 0 Å². The van der Waals surface area contributed by atoms with Gasteiger partial charge in [-0.2, -0.15) is 0 Å². The van der Waals surface area contributed by atoms with Crippen LogP contribution in [0.25, 0.3) is 0 Å². The predicted molar refractivity (Wildman–Crippen MR) is 90.1 cm³/mol. The van der Waals surface area contributed by atoms with Crippen molar-refractivity contribution in [1.82, 2.24) is 19.8 Å². The van der Waals surface area contributed by atoms with Gasteiger partial charge in [-0.3, -0.25) is 0 Å². The highest BCUT2D eigenvalue weighted by Crippen LogP contribution is 2.22. The number of rotatable bonds is 7. The molecule has 6 heteroatoms. The van der Waals surface area contributed by atoms with E-state index in [-0.39, 0.29) is 12.6 Å². The molecule has 0 aromatic carbocycles. The number of aliphatic hydroxyl groups is 1. The number of piperidine rings is 1. The van der Waals surface area contributed by atoms with Crippen molar-refractivity contribution < 1.29 is 9.90 Å². The van der Waals surface area contributed by atoms with Gasteiger partial charge in [0, 0.05) is 44.7 Å². The van der Waals surface area contributed by atoms with Gasteiger partial charge < -0.3 is 19.9 Å². The number of carbonyl (C=O) groups is 1. The molecule has 0 spiro atoms. The van der Waals surface area contributed by atoms with Crippen molar-refractivity contribution in [2.75, 3.05) is 26.2 Å². The normalized spacial score (nSPS) is 17.5. The van der Waals surface area contributed by atoms with Crippen molar-refractivity contribution in [3.8, 4) is 0 Å². The van der Waals surface area contributed by atoms with Crippen LogP contribution < -0.4 is 5.32 Å². The molecule has 1 aliphatic rings. The molecule has 2 amide bonds. The maximum Gasteiger partial charge on any atom is 0.317 e. The first-order valence-corrected chi connectivity index (χ1v) is 8.71. The third-order valence-electron chi connectivity index (χ3n) is 4.58. The molecule has 1 atom stereocenters. The summed E-state index contributed by atoms with van der Waals surface area (Å²) in [6.45, 7) is 6.75. The zero-order valence-corrected chi connectivity index (χ0v) is 14.3. The van der Waals surface area contributed by atoms with Crippen LogP contribution in [0.5, 0.6) is 0 Å². The summed E-state index contributed by atoms with van der Waals surface area (Å²) < 4.78 is 2.13. The fraction of sp³-hybridized carbons (Fsp3) is 0.765. The fourth-order valence-corrected chi connectivity index (χ4v) is 3.35. The summed E-state index contributed by atoms with van der Waals surface area (Å²) in [7, 11) is 0. The largest absolute Gasteiger partial charge is 0.396 e. The number of urea groups is 1. The van der Waals surface area contributed by atoms with Gasteiger partial charge in [-0.1, -0.05) is 13.8 Å². The zero-order valence-electron chi connectivity index (χ0n) is 14.3. The van der Waals surface area contributed by atoms with E-state index in [2.05, 4.69) is 28.7 Å². The third-order valence-corrected chi connectivity index (χ3v) is 4.58. The zero-order chi connectivity index (χ0) is 16.7. The number of carbonyl (C=O) groups excluding carboxylic acids is 1. The van der Waals surface area contributed by atoms with Crippen LogP contribution in [-0.4, -0.2) is 51.8 Å². The Morgan fingerprint density at radius 2 is 2.13 bits per heavy atom. The molecule has 0 radical (unpaired) electrons. The van der Waals surface area contributed by atoms with Crippen molar-refractivity contribution >= 4 is 6.03 Å². The molecule has 1 saturated heterocycles. The van der Waals surface area contributed by atoms with Gasteiger partial charge in [0.25, 0.3) is 0 Å². The second-order valence-electron chi connectivity index (χ2n) is 6.92. The van der Waals surface area contributed by atoms with Gasteiger partial charge in [-0.05, 0) is 37.5 Å². The summed E-state index contributed by atoms with van der Waals surface area (Å²) in [5, 5.41) is 12.2. The highest BCUT2D eigenvalue weighted by molar-refractivity contribution is 5.74. The minimum atomic E-state index is 0.0285. The topological polar surface area (TPSA) is 70.4 Å². The van der Waals surface area contributed by atoms with E-state index in [1.54, 1.807) is 6.20 Å². The summed E-state index contributed by atoms with van der Waals surface area (Å²) >= 11 is 0. The van der Waals surface area contributed by atoms with Crippen LogP contribution in [0, 0.1) is 11.8 Å². The highest BCUT2D eigenvalue weighted by atomic mass is 16.3. The number of nitrogens with zero attached hydrogens (tertiary/aromatic N) is 3. The van der Waals surface area contributed by atoms with Crippen LogP contribution in [0.1, 0.15) is 45.6 Å². The van der Waals surface area contributed by atoms with Gasteiger partial charge >= 0.3 is 6.03 Å². The van der Waals surface area contributed by atoms with Gasteiger partial charge in [-0.15, -0.1) is 0 Å². The Balaban J connectivity index is 1.73. The predicted octanol–water partition coefficient (Wildman–Crippen LogP) is 2.27. The number of aromatic nitrogens is 2. The molecule has 2 rings (SSSR count). The maximum atomic E-state index is 12.3. The highest BCUT2D eigenvalue weighted by Gasteiger charge is 2.24. The summed E-state index contributed by atoms with van der Waals surface area (Å²) in [5.74, 6) is 0.932. The Morgan fingerprint density at radius 1 is 1.39 bits per heavy atom. The van der Waals surface area contributed by atoms with Crippen molar-refractivity contribution in [3.63, 3.8) is 0 Å². The van der Waals surface area contributed by atoms with Crippen LogP contribution >= 0.6 is 0 Å².